The number of amides is 2. The second kappa shape index (κ2) is 7.10. The first-order chi connectivity index (χ1) is 11.8. The lowest BCUT2D eigenvalue weighted by atomic mass is 10.0. The first kappa shape index (κ1) is 18.4. The van der Waals surface area contributed by atoms with Gasteiger partial charge >= 0.3 is 0 Å². The van der Waals surface area contributed by atoms with Crippen LogP contribution in [-0.4, -0.2) is 48.4 Å². The number of nitrogens with one attached hydrogen (secondary N) is 2. The quantitative estimate of drug-likeness (QED) is 0.723. The molecule has 2 saturated carbocycles. The van der Waals surface area contributed by atoms with Gasteiger partial charge in [0.1, 0.15) is 0 Å². The van der Waals surface area contributed by atoms with Crippen LogP contribution >= 0.6 is 0 Å². The minimum atomic E-state index is 0.0724. The van der Waals surface area contributed by atoms with Crippen LogP contribution in [0.5, 0.6) is 0 Å². The molecule has 0 unspecified atom stereocenters. The van der Waals surface area contributed by atoms with E-state index in [0.717, 1.165) is 38.8 Å². The third kappa shape index (κ3) is 4.63. The molecule has 1 saturated heterocycles. The van der Waals surface area contributed by atoms with E-state index in [1.165, 1.54) is 5.57 Å². The molecule has 2 atom stereocenters. The molecule has 2 N–H and O–H groups in total. The van der Waals surface area contributed by atoms with Crippen molar-refractivity contribution in [1.29, 1.82) is 0 Å². The number of hydrogen-bond donors (Lipinski definition) is 2. The number of allylic oxidation sites excluding steroid dienone is 2. The molecule has 0 spiro atoms. The Labute approximate surface area is 151 Å². The molecule has 0 aromatic heterocycles. The maximum atomic E-state index is 12.7. The zero-order valence-corrected chi connectivity index (χ0v) is 16.1. The van der Waals surface area contributed by atoms with Gasteiger partial charge in [-0.05, 0) is 50.9 Å². The molecule has 2 aliphatic carbocycles. The average Bonchev–Trinajstić information content (AvgIpc) is 3.40. The zero-order valence-electron chi connectivity index (χ0n) is 16.1. The van der Waals surface area contributed by atoms with Gasteiger partial charge in [-0.2, -0.15) is 0 Å². The highest BCUT2D eigenvalue weighted by Crippen LogP contribution is 2.59. The third-order valence-electron chi connectivity index (χ3n) is 5.95. The van der Waals surface area contributed by atoms with Crippen molar-refractivity contribution in [2.45, 2.75) is 65.5 Å². The van der Waals surface area contributed by atoms with E-state index in [9.17, 15) is 9.59 Å². The average molecular weight is 348 g/mol. The fourth-order valence-corrected chi connectivity index (χ4v) is 4.08. The lowest BCUT2D eigenvalue weighted by molar-refractivity contribution is -0.125. The van der Waals surface area contributed by atoms with Gasteiger partial charge in [-0.15, -0.1) is 0 Å². The summed E-state index contributed by atoms with van der Waals surface area (Å²) in [6.07, 6.45) is 6.37. The SMILES string of the molecule is CC(C)=C[C@H]1[C@H](C(=O)NC2CCN(CC(=O)NC3CC3)CC2)C1(C)C. The molecule has 3 aliphatic rings. The predicted molar refractivity (Wildman–Crippen MR) is 99.0 cm³/mol. The van der Waals surface area contributed by atoms with Crippen LogP contribution in [0.25, 0.3) is 0 Å². The smallest absolute Gasteiger partial charge is 0.234 e. The van der Waals surface area contributed by atoms with Crippen LogP contribution in [0, 0.1) is 17.3 Å². The summed E-state index contributed by atoms with van der Waals surface area (Å²) in [7, 11) is 0. The van der Waals surface area contributed by atoms with Crippen molar-refractivity contribution in [2.75, 3.05) is 19.6 Å². The number of piperidine rings is 1. The number of carbonyl (C=O) groups excluding carboxylic acids is 2. The number of carbonyl (C=O) groups is 2. The fraction of sp³-hybridized carbons (Fsp3) is 0.800. The Kier molecular flexibility index (Phi) is 5.24. The summed E-state index contributed by atoms with van der Waals surface area (Å²) in [6.45, 7) is 10.8. The van der Waals surface area contributed by atoms with E-state index in [2.05, 4.69) is 49.3 Å². The largest absolute Gasteiger partial charge is 0.353 e. The molecule has 0 aromatic rings. The number of likely N-dealkylation sites (tertiary alicyclic amines) is 1. The summed E-state index contributed by atoms with van der Waals surface area (Å²) in [5.41, 5.74) is 1.36. The van der Waals surface area contributed by atoms with Gasteiger partial charge in [-0.3, -0.25) is 14.5 Å². The van der Waals surface area contributed by atoms with Crippen molar-refractivity contribution in [3.05, 3.63) is 11.6 Å². The second-order valence-corrected chi connectivity index (χ2v) is 8.97. The van der Waals surface area contributed by atoms with E-state index < -0.39 is 0 Å². The van der Waals surface area contributed by atoms with Crippen LogP contribution in [0.2, 0.25) is 0 Å². The normalized spacial score (nSPS) is 29.0. The van der Waals surface area contributed by atoms with Crippen LogP contribution in [-0.2, 0) is 9.59 Å². The lowest BCUT2D eigenvalue weighted by Crippen LogP contribution is -2.48. The van der Waals surface area contributed by atoms with Gasteiger partial charge < -0.3 is 10.6 Å². The van der Waals surface area contributed by atoms with Crippen molar-refractivity contribution >= 4 is 11.8 Å². The maximum Gasteiger partial charge on any atom is 0.234 e. The predicted octanol–water partition coefficient (Wildman–Crippen LogP) is 2.08. The Morgan fingerprint density at radius 2 is 1.64 bits per heavy atom. The topological polar surface area (TPSA) is 61.4 Å². The molecule has 2 amide bonds. The standard InChI is InChI=1S/C20H33N3O2/c1-13(2)11-16-18(20(16,3)4)19(25)22-15-7-9-23(10-8-15)12-17(24)21-14-5-6-14/h11,14-16,18H,5-10,12H2,1-4H3,(H,21,24)(H,22,25)/t16-,18+/m0/s1. The lowest BCUT2D eigenvalue weighted by Gasteiger charge is -2.32. The minimum absolute atomic E-state index is 0.0724. The van der Waals surface area contributed by atoms with E-state index in [-0.39, 0.29) is 29.2 Å². The summed E-state index contributed by atoms with van der Waals surface area (Å²) in [5.74, 6) is 0.820. The van der Waals surface area contributed by atoms with Crippen molar-refractivity contribution in [3.63, 3.8) is 0 Å². The Bertz CT molecular complexity index is 553. The molecule has 0 aromatic carbocycles. The summed E-state index contributed by atoms with van der Waals surface area (Å²) in [4.78, 5) is 26.7. The first-order valence-corrected chi connectivity index (χ1v) is 9.74. The molecule has 5 heteroatoms. The summed E-state index contributed by atoms with van der Waals surface area (Å²) in [6, 6.07) is 0.680. The molecule has 3 fully saturated rings. The molecule has 0 bridgehead atoms. The van der Waals surface area contributed by atoms with Crippen LogP contribution < -0.4 is 10.6 Å². The van der Waals surface area contributed by atoms with Crippen molar-refractivity contribution < 1.29 is 9.59 Å². The van der Waals surface area contributed by atoms with Gasteiger partial charge in [0.05, 0.1) is 12.5 Å². The van der Waals surface area contributed by atoms with Crippen LogP contribution in [0.3, 0.4) is 0 Å². The van der Waals surface area contributed by atoms with Crippen molar-refractivity contribution in [2.24, 2.45) is 17.3 Å². The van der Waals surface area contributed by atoms with Crippen LogP contribution in [0.1, 0.15) is 53.4 Å². The summed E-state index contributed by atoms with van der Waals surface area (Å²) >= 11 is 0. The zero-order chi connectivity index (χ0) is 18.2. The van der Waals surface area contributed by atoms with E-state index >= 15 is 0 Å². The highest BCUT2D eigenvalue weighted by Gasteiger charge is 2.60. The highest BCUT2D eigenvalue weighted by atomic mass is 16.2. The molecule has 25 heavy (non-hydrogen) atoms. The Morgan fingerprint density at radius 3 is 2.20 bits per heavy atom. The Morgan fingerprint density at radius 1 is 1.04 bits per heavy atom. The van der Waals surface area contributed by atoms with Gasteiger partial charge in [0.25, 0.3) is 0 Å². The molecule has 3 rings (SSSR count). The molecule has 1 aliphatic heterocycles. The van der Waals surface area contributed by atoms with Gasteiger partial charge in [-0.25, -0.2) is 0 Å². The maximum absolute atomic E-state index is 12.7. The first-order valence-electron chi connectivity index (χ1n) is 9.74. The fourth-order valence-electron chi connectivity index (χ4n) is 4.08. The van der Waals surface area contributed by atoms with Gasteiger partial charge in [0, 0.05) is 25.2 Å². The van der Waals surface area contributed by atoms with E-state index in [1.807, 2.05) is 0 Å². The number of nitrogens with zero attached hydrogens (tertiary/aromatic N) is 1. The molecule has 140 valence electrons. The second-order valence-electron chi connectivity index (χ2n) is 8.97. The van der Waals surface area contributed by atoms with Gasteiger partial charge in [-0.1, -0.05) is 25.5 Å². The van der Waals surface area contributed by atoms with Crippen LogP contribution in [0.15, 0.2) is 11.6 Å². The molecule has 5 nitrogen and oxygen atoms in total. The summed E-state index contributed by atoms with van der Waals surface area (Å²) < 4.78 is 0. The monoisotopic (exact) mass is 347 g/mol. The molecule has 1 heterocycles. The van der Waals surface area contributed by atoms with E-state index in [1.54, 1.807) is 0 Å². The number of hydrogen-bond acceptors (Lipinski definition) is 3. The Hall–Kier alpha value is -1.36. The molecule has 0 radical (unpaired) electrons. The number of rotatable bonds is 6. The van der Waals surface area contributed by atoms with Crippen molar-refractivity contribution in [1.82, 2.24) is 15.5 Å². The highest BCUT2D eigenvalue weighted by molar-refractivity contribution is 5.84. The van der Waals surface area contributed by atoms with Crippen molar-refractivity contribution in [3.8, 4) is 0 Å². The van der Waals surface area contributed by atoms with Gasteiger partial charge in [0.2, 0.25) is 11.8 Å². The van der Waals surface area contributed by atoms with Crippen LogP contribution in [0.4, 0.5) is 0 Å². The molecular formula is C20H33N3O2. The van der Waals surface area contributed by atoms with E-state index in [4.69, 9.17) is 0 Å². The summed E-state index contributed by atoms with van der Waals surface area (Å²) in [5, 5.41) is 6.30. The van der Waals surface area contributed by atoms with Gasteiger partial charge in [0.15, 0.2) is 0 Å². The molecular weight excluding hydrogens is 314 g/mol. The minimum Gasteiger partial charge on any atom is -0.353 e. The van der Waals surface area contributed by atoms with E-state index in [0.29, 0.717) is 18.5 Å². The third-order valence-corrected chi connectivity index (χ3v) is 5.95. The Balaban J connectivity index is 1.40.